The van der Waals surface area contributed by atoms with Crippen LogP contribution in [0.1, 0.15) is 52.2 Å². The lowest BCUT2D eigenvalue weighted by molar-refractivity contribution is -0.137. The van der Waals surface area contributed by atoms with Gasteiger partial charge in [-0.25, -0.2) is 9.18 Å². The second-order valence-electron chi connectivity index (χ2n) is 10.1. The summed E-state index contributed by atoms with van der Waals surface area (Å²) in [6.07, 6.45) is 5.87. The number of ether oxygens (including phenoxy) is 1. The Kier molecular flexibility index (Phi) is 11.3. The summed E-state index contributed by atoms with van der Waals surface area (Å²) in [5.41, 5.74) is 1.34. The Morgan fingerprint density at radius 3 is 2.53 bits per heavy atom. The van der Waals surface area contributed by atoms with E-state index in [9.17, 15) is 27.5 Å². The van der Waals surface area contributed by atoms with Crippen molar-refractivity contribution in [1.82, 2.24) is 4.90 Å². The van der Waals surface area contributed by atoms with Gasteiger partial charge in [0.05, 0.1) is 17.2 Å². The Labute approximate surface area is 258 Å². The maximum Gasteiger partial charge on any atom is 0.417 e. The number of aromatic carboxylic acids is 1. The third-order valence-corrected chi connectivity index (χ3v) is 8.40. The zero-order valence-corrected chi connectivity index (χ0v) is 25.1. The molecule has 0 fully saturated rings. The number of carboxylic acids is 1. The number of rotatable bonds is 13. The summed E-state index contributed by atoms with van der Waals surface area (Å²) in [7, 11) is 0. The van der Waals surface area contributed by atoms with Gasteiger partial charge in [-0.15, -0.1) is 11.8 Å². The van der Waals surface area contributed by atoms with Crippen molar-refractivity contribution in [2.45, 2.75) is 42.8 Å². The van der Waals surface area contributed by atoms with Crippen molar-refractivity contribution < 1.29 is 32.2 Å². The van der Waals surface area contributed by atoms with Gasteiger partial charge in [0.2, 0.25) is 0 Å². The van der Waals surface area contributed by atoms with Crippen LogP contribution >= 0.6 is 23.4 Å². The van der Waals surface area contributed by atoms with E-state index in [-0.39, 0.29) is 34.7 Å². The monoisotopic (exact) mass is 633 g/mol. The molecule has 1 unspecified atom stereocenters. The molecule has 0 radical (unpaired) electrons. The second kappa shape index (κ2) is 14.9. The van der Waals surface area contributed by atoms with Crippen LogP contribution in [0.5, 0.6) is 5.75 Å². The molecular formula is C33H32ClF4NO3S. The highest BCUT2D eigenvalue weighted by molar-refractivity contribution is 7.98. The van der Waals surface area contributed by atoms with Crippen LogP contribution < -0.4 is 4.74 Å². The molecule has 4 nitrogen and oxygen atoms in total. The van der Waals surface area contributed by atoms with E-state index >= 15 is 0 Å². The van der Waals surface area contributed by atoms with E-state index in [1.807, 2.05) is 30.3 Å². The second-order valence-corrected chi connectivity index (χ2v) is 11.4. The Morgan fingerprint density at radius 1 is 1.12 bits per heavy atom. The van der Waals surface area contributed by atoms with E-state index in [0.717, 1.165) is 47.9 Å². The van der Waals surface area contributed by atoms with Gasteiger partial charge in [-0.3, -0.25) is 4.90 Å². The van der Waals surface area contributed by atoms with Gasteiger partial charge in [-0.1, -0.05) is 72.3 Å². The largest absolute Gasteiger partial charge is 0.493 e. The molecule has 0 aromatic heterocycles. The SMILES string of the molecule is CSc1cc(OCCCN(Cc2cccc(C(F)(F)F)c2Cl)CC(C2=CCCC=C2)c2ccccc2)cc(F)c1C(=O)O. The lowest BCUT2D eigenvalue weighted by Crippen LogP contribution is -2.31. The summed E-state index contributed by atoms with van der Waals surface area (Å²) in [6.45, 7) is 1.34. The summed E-state index contributed by atoms with van der Waals surface area (Å²) < 4.78 is 61.1. The maximum atomic E-state index is 14.5. The fourth-order valence-corrected chi connectivity index (χ4v) is 6.04. The molecule has 1 atom stereocenters. The average molecular weight is 634 g/mol. The number of nitrogens with zero attached hydrogens (tertiary/aromatic N) is 1. The number of halogens is 5. The van der Waals surface area contributed by atoms with E-state index in [2.05, 4.69) is 23.1 Å². The van der Waals surface area contributed by atoms with E-state index in [1.54, 1.807) is 12.3 Å². The van der Waals surface area contributed by atoms with Crippen molar-refractivity contribution in [2.75, 3.05) is 26.0 Å². The number of benzene rings is 3. The standard InChI is InChI=1S/C33H32ClF4NO3S/c1-43-29-19-25(18-28(35)30(29)32(40)41)42-17-9-16-39(20-24-14-8-15-27(31(24)34)33(36,37)38)21-26(22-10-4-2-5-11-22)23-12-6-3-7-13-23/h2,4-6,8,10-15,18-19,26H,3,7,9,16-17,20-21H2,1H3,(H,40,41). The number of hydrogen-bond acceptors (Lipinski definition) is 4. The van der Waals surface area contributed by atoms with Crippen LogP contribution in [0, 0.1) is 5.82 Å². The first-order chi connectivity index (χ1) is 20.6. The molecule has 4 rings (SSSR count). The Bertz CT molecular complexity index is 1480. The zero-order chi connectivity index (χ0) is 31.0. The first kappa shape index (κ1) is 32.6. The van der Waals surface area contributed by atoms with E-state index < -0.39 is 29.1 Å². The molecule has 0 bridgehead atoms. The highest BCUT2D eigenvalue weighted by Crippen LogP contribution is 2.37. The van der Waals surface area contributed by atoms with Gasteiger partial charge in [0, 0.05) is 36.5 Å². The predicted octanol–water partition coefficient (Wildman–Crippen LogP) is 9.25. The molecule has 1 aliphatic carbocycles. The zero-order valence-electron chi connectivity index (χ0n) is 23.5. The molecule has 3 aromatic carbocycles. The van der Waals surface area contributed by atoms with Gasteiger partial charge < -0.3 is 9.84 Å². The summed E-state index contributed by atoms with van der Waals surface area (Å²) in [5, 5.41) is 9.00. The first-order valence-corrected chi connectivity index (χ1v) is 15.4. The molecule has 0 amide bonds. The summed E-state index contributed by atoms with van der Waals surface area (Å²) in [6, 6.07) is 16.5. The van der Waals surface area contributed by atoms with Gasteiger partial charge in [-0.2, -0.15) is 13.2 Å². The van der Waals surface area contributed by atoms with Crippen LogP contribution in [-0.2, 0) is 12.7 Å². The van der Waals surface area contributed by atoms with Crippen LogP contribution in [-0.4, -0.2) is 41.9 Å². The summed E-state index contributed by atoms with van der Waals surface area (Å²) >= 11 is 7.39. The van der Waals surface area contributed by atoms with Gasteiger partial charge in [0.1, 0.15) is 17.1 Å². The highest BCUT2D eigenvalue weighted by Gasteiger charge is 2.34. The van der Waals surface area contributed by atoms with Gasteiger partial charge >= 0.3 is 12.1 Å². The molecule has 0 saturated heterocycles. The number of hydrogen-bond donors (Lipinski definition) is 1. The molecule has 0 saturated carbocycles. The number of carboxylic acid groups (broad SMARTS) is 1. The fourth-order valence-electron chi connectivity index (χ4n) is 5.12. The Hall–Kier alpha value is -3.27. The van der Waals surface area contributed by atoms with Gasteiger partial charge in [0.15, 0.2) is 0 Å². The lowest BCUT2D eigenvalue weighted by Gasteiger charge is -2.30. The molecule has 10 heteroatoms. The number of alkyl halides is 3. The van der Waals surface area contributed by atoms with Crippen molar-refractivity contribution in [3.63, 3.8) is 0 Å². The minimum atomic E-state index is -4.57. The third-order valence-electron chi connectivity index (χ3n) is 7.20. The third kappa shape index (κ3) is 8.65. The fraction of sp³-hybridized carbons (Fsp3) is 0.303. The molecular weight excluding hydrogens is 602 g/mol. The molecule has 3 aromatic rings. The van der Waals surface area contributed by atoms with E-state index in [0.29, 0.717) is 25.1 Å². The summed E-state index contributed by atoms with van der Waals surface area (Å²) in [4.78, 5) is 13.7. The van der Waals surface area contributed by atoms with E-state index in [1.165, 1.54) is 12.1 Å². The first-order valence-electron chi connectivity index (χ1n) is 13.8. The molecule has 43 heavy (non-hydrogen) atoms. The van der Waals surface area contributed by atoms with Gasteiger partial charge in [0.25, 0.3) is 0 Å². The van der Waals surface area contributed by atoms with Crippen molar-refractivity contribution >= 4 is 29.3 Å². The highest BCUT2D eigenvalue weighted by atomic mass is 35.5. The summed E-state index contributed by atoms with van der Waals surface area (Å²) in [5.74, 6) is -2.05. The molecule has 228 valence electrons. The molecule has 1 aliphatic rings. The average Bonchev–Trinajstić information content (AvgIpc) is 2.98. The van der Waals surface area contributed by atoms with Crippen LogP contribution in [0.15, 0.2) is 89.4 Å². The van der Waals surface area contributed by atoms with Gasteiger partial charge in [-0.05, 0) is 54.4 Å². The minimum absolute atomic E-state index is 0.0231. The predicted molar refractivity (Wildman–Crippen MR) is 163 cm³/mol. The van der Waals surface area contributed by atoms with Crippen molar-refractivity contribution in [3.8, 4) is 5.75 Å². The van der Waals surface area contributed by atoms with Crippen LogP contribution in [0.4, 0.5) is 17.6 Å². The quantitative estimate of drug-likeness (QED) is 0.116. The normalized spacial score (nSPS) is 14.1. The van der Waals surface area contributed by atoms with Crippen molar-refractivity contribution in [1.29, 1.82) is 0 Å². The van der Waals surface area contributed by atoms with E-state index in [4.69, 9.17) is 16.3 Å². The van der Waals surface area contributed by atoms with Crippen LogP contribution in [0.25, 0.3) is 0 Å². The topological polar surface area (TPSA) is 49.8 Å². The molecule has 0 heterocycles. The van der Waals surface area contributed by atoms with Crippen LogP contribution in [0.3, 0.4) is 0 Å². The maximum absolute atomic E-state index is 14.5. The Balaban J connectivity index is 1.56. The molecule has 1 N–H and O–H groups in total. The Morgan fingerprint density at radius 2 is 1.88 bits per heavy atom. The smallest absolute Gasteiger partial charge is 0.417 e. The van der Waals surface area contributed by atoms with Crippen molar-refractivity contribution in [2.24, 2.45) is 0 Å². The van der Waals surface area contributed by atoms with Crippen LogP contribution in [0.2, 0.25) is 5.02 Å². The number of carbonyl (C=O) groups is 1. The molecule has 0 spiro atoms. The van der Waals surface area contributed by atoms with Crippen molar-refractivity contribution in [3.05, 3.63) is 118 Å². The molecule has 0 aliphatic heterocycles. The number of allylic oxidation sites excluding steroid dienone is 3. The lowest BCUT2D eigenvalue weighted by atomic mass is 9.87. The number of thioether (sulfide) groups is 1. The minimum Gasteiger partial charge on any atom is -0.493 e.